The quantitative estimate of drug-likeness (QED) is 0.643. The van der Waals surface area contributed by atoms with Gasteiger partial charge in [0.15, 0.2) is 5.65 Å². The molecule has 0 spiro atoms. The SMILES string of the molecule is CCNc1nc(NCC2(O)CCOC2C)c2cn[nH]c2n1. The molecule has 2 atom stereocenters. The molecule has 0 aromatic carbocycles. The van der Waals surface area contributed by atoms with Crippen LogP contribution in [0.4, 0.5) is 11.8 Å². The van der Waals surface area contributed by atoms with E-state index in [4.69, 9.17) is 4.74 Å². The number of ether oxygens (including phenoxy) is 1. The molecule has 3 heterocycles. The van der Waals surface area contributed by atoms with Crippen LogP contribution in [0.1, 0.15) is 20.3 Å². The molecular weight excluding hydrogens is 272 g/mol. The predicted molar refractivity (Wildman–Crippen MR) is 79.3 cm³/mol. The van der Waals surface area contributed by atoms with E-state index in [-0.39, 0.29) is 6.10 Å². The number of rotatable bonds is 5. The van der Waals surface area contributed by atoms with Gasteiger partial charge in [-0.3, -0.25) is 5.10 Å². The highest BCUT2D eigenvalue weighted by molar-refractivity contribution is 5.86. The number of H-pyrrole nitrogens is 1. The van der Waals surface area contributed by atoms with Crippen molar-refractivity contribution in [1.82, 2.24) is 20.2 Å². The van der Waals surface area contributed by atoms with Gasteiger partial charge in [0.25, 0.3) is 0 Å². The Morgan fingerprint density at radius 2 is 2.33 bits per heavy atom. The Kier molecular flexibility index (Phi) is 3.64. The number of nitrogens with zero attached hydrogens (tertiary/aromatic N) is 3. The zero-order valence-corrected chi connectivity index (χ0v) is 12.2. The third kappa shape index (κ3) is 2.64. The third-order valence-corrected chi connectivity index (χ3v) is 3.87. The highest BCUT2D eigenvalue weighted by atomic mass is 16.5. The van der Waals surface area contributed by atoms with Gasteiger partial charge in [-0.05, 0) is 13.8 Å². The molecule has 1 fully saturated rings. The molecule has 114 valence electrons. The molecule has 2 aromatic heterocycles. The van der Waals surface area contributed by atoms with E-state index >= 15 is 0 Å². The van der Waals surface area contributed by atoms with Crippen LogP contribution in [0.15, 0.2) is 6.20 Å². The van der Waals surface area contributed by atoms with E-state index in [0.29, 0.717) is 37.0 Å². The third-order valence-electron chi connectivity index (χ3n) is 3.87. The summed E-state index contributed by atoms with van der Waals surface area (Å²) in [6, 6.07) is 0. The number of aromatic nitrogens is 4. The first-order valence-corrected chi connectivity index (χ1v) is 7.15. The van der Waals surface area contributed by atoms with Crippen LogP contribution in [0.3, 0.4) is 0 Å². The smallest absolute Gasteiger partial charge is 0.226 e. The lowest BCUT2D eigenvalue weighted by atomic mass is 9.97. The van der Waals surface area contributed by atoms with Crippen molar-refractivity contribution < 1.29 is 9.84 Å². The van der Waals surface area contributed by atoms with Gasteiger partial charge in [0, 0.05) is 26.1 Å². The summed E-state index contributed by atoms with van der Waals surface area (Å²) in [6.07, 6.45) is 2.09. The predicted octanol–water partition coefficient (Wildman–Crippen LogP) is 0.736. The molecule has 4 N–H and O–H groups in total. The average Bonchev–Trinajstić information content (AvgIpc) is 3.05. The summed E-state index contributed by atoms with van der Waals surface area (Å²) in [5.74, 6) is 1.18. The number of nitrogens with one attached hydrogen (secondary N) is 3. The lowest BCUT2D eigenvalue weighted by molar-refractivity contribution is -0.0176. The Morgan fingerprint density at radius 1 is 1.48 bits per heavy atom. The van der Waals surface area contributed by atoms with Gasteiger partial charge in [-0.15, -0.1) is 0 Å². The second-order valence-electron chi connectivity index (χ2n) is 5.28. The number of fused-ring (bicyclic) bond motifs is 1. The average molecular weight is 292 g/mol. The van der Waals surface area contributed by atoms with E-state index in [1.807, 2.05) is 13.8 Å². The Bertz CT molecular complexity index is 630. The molecule has 3 rings (SSSR count). The Balaban J connectivity index is 1.84. The minimum absolute atomic E-state index is 0.195. The Morgan fingerprint density at radius 3 is 3.05 bits per heavy atom. The highest BCUT2D eigenvalue weighted by Gasteiger charge is 2.39. The summed E-state index contributed by atoms with van der Waals surface area (Å²) in [5.41, 5.74) is -0.217. The Hall–Kier alpha value is -1.93. The molecule has 2 unspecified atom stereocenters. The van der Waals surface area contributed by atoms with Crippen molar-refractivity contribution in [2.24, 2.45) is 0 Å². The maximum atomic E-state index is 10.5. The number of hydrogen-bond acceptors (Lipinski definition) is 7. The molecule has 8 heteroatoms. The van der Waals surface area contributed by atoms with E-state index in [2.05, 4.69) is 30.8 Å². The van der Waals surface area contributed by atoms with Crippen molar-refractivity contribution in [3.63, 3.8) is 0 Å². The minimum atomic E-state index is -0.876. The largest absolute Gasteiger partial charge is 0.385 e. The molecule has 2 aromatic rings. The van der Waals surface area contributed by atoms with E-state index in [0.717, 1.165) is 11.9 Å². The summed E-state index contributed by atoms with van der Waals surface area (Å²) in [4.78, 5) is 8.76. The fourth-order valence-corrected chi connectivity index (χ4v) is 2.45. The van der Waals surface area contributed by atoms with E-state index in [1.54, 1.807) is 6.20 Å². The summed E-state index contributed by atoms with van der Waals surface area (Å²) in [5, 5.41) is 24.5. The molecule has 1 saturated heterocycles. The first-order chi connectivity index (χ1) is 10.1. The fourth-order valence-electron chi connectivity index (χ4n) is 2.45. The van der Waals surface area contributed by atoms with Crippen molar-refractivity contribution in [3.05, 3.63) is 6.20 Å². The molecule has 0 bridgehead atoms. The van der Waals surface area contributed by atoms with Crippen molar-refractivity contribution in [2.75, 3.05) is 30.3 Å². The normalized spacial score (nSPS) is 25.4. The van der Waals surface area contributed by atoms with Crippen LogP contribution in [-0.2, 0) is 4.74 Å². The van der Waals surface area contributed by atoms with E-state index in [9.17, 15) is 5.11 Å². The van der Waals surface area contributed by atoms with Gasteiger partial charge in [0.2, 0.25) is 5.95 Å². The molecule has 0 amide bonds. The standard InChI is InChI=1S/C13H20N6O2/c1-3-14-12-17-10(9-6-16-19-11(9)18-12)15-7-13(20)4-5-21-8(13)2/h6,8,20H,3-5,7H2,1-2H3,(H3,14,15,16,17,18,19). The molecular formula is C13H20N6O2. The van der Waals surface area contributed by atoms with Gasteiger partial charge >= 0.3 is 0 Å². The summed E-state index contributed by atoms with van der Waals surface area (Å²) < 4.78 is 5.44. The van der Waals surface area contributed by atoms with Gasteiger partial charge in [-0.1, -0.05) is 0 Å². The molecule has 0 aliphatic carbocycles. The fraction of sp³-hybridized carbons (Fsp3) is 0.615. The van der Waals surface area contributed by atoms with Crippen LogP contribution in [0.25, 0.3) is 11.0 Å². The van der Waals surface area contributed by atoms with Crippen LogP contribution in [0.5, 0.6) is 0 Å². The monoisotopic (exact) mass is 292 g/mol. The van der Waals surface area contributed by atoms with E-state index < -0.39 is 5.60 Å². The summed E-state index contributed by atoms with van der Waals surface area (Å²) >= 11 is 0. The van der Waals surface area contributed by atoms with Gasteiger partial charge in [0.1, 0.15) is 11.4 Å². The number of hydrogen-bond donors (Lipinski definition) is 4. The molecule has 0 radical (unpaired) electrons. The number of aromatic amines is 1. The van der Waals surface area contributed by atoms with Crippen LogP contribution < -0.4 is 10.6 Å². The highest BCUT2D eigenvalue weighted by Crippen LogP contribution is 2.27. The number of anilines is 2. The number of aliphatic hydroxyl groups is 1. The second-order valence-corrected chi connectivity index (χ2v) is 5.28. The lowest BCUT2D eigenvalue weighted by Gasteiger charge is -2.26. The topological polar surface area (TPSA) is 108 Å². The molecule has 8 nitrogen and oxygen atoms in total. The lowest BCUT2D eigenvalue weighted by Crippen LogP contribution is -2.43. The first kappa shape index (κ1) is 14.0. The molecule has 1 aliphatic rings. The van der Waals surface area contributed by atoms with Crippen molar-refractivity contribution in [3.8, 4) is 0 Å². The first-order valence-electron chi connectivity index (χ1n) is 7.15. The summed E-state index contributed by atoms with van der Waals surface area (Å²) in [7, 11) is 0. The molecule has 21 heavy (non-hydrogen) atoms. The van der Waals surface area contributed by atoms with Crippen LogP contribution in [-0.4, -0.2) is 56.7 Å². The zero-order valence-electron chi connectivity index (χ0n) is 12.2. The Labute approximate surface area is 122 Å². The van der Waals surface area contributed by atoms with Gasteiger partial charge in [-0.2, -0.15) is 15.1 Å². The maximum Gasteiger partial charge on any atom is 0.226 e. The maximum absolute atomic E-state index is 10.5. The van der Waals surface area contributed by atoms with Crippen LogP contribution >= 0.6 is 0 Å². The van der Waals surface area contributed by atoms with E-state index in [1.165, 1.54) is 0 Å². The van der Waals surface area contributed by atoms with Crippen molar-refractivity contribution >= 4 is 22.8 Å². The molecule has 1 aliphatic heterocycles. The van der Waals surface area contributed by atoms with Crippen LogP contribution in [0.2, 0.25) is 0 Å². The van der Waals surface area contributed by atoms with Crippen LogP contribution in [0, 0.1) is 0 Å². The summed E-state index contributed by atoms with van der Waals surface area (Å²) in [6.45, 7) is 5.54. The van der Waals surface area contributed by atoms with Gasteiger partial charge in [-0.25, -0.2) is 0 Å². The molecule has 0 saturated carbocycles. The second kappa shape index (κ2) is 5.45. The zero-order chi connectivity index (χ0) is 14.9. The van der Waals surface area contributed by atoms with Gasteiger partial charge < -0.3 is 20.5 Å². The van der Waals surface area contributed by atoms with Crippen molar-refractivity contribution in [2.45, 2.75) is 32.0 Å². The van der Waals surface area contributed by atoms with Crippen molar-refractivity contribution in [1.29, 1.82) is 0 Å². The van der Waals surface area contributed by atoms with Gasteiger partial charge in [0.05, 0.1) is 17.7 Å². The minimum Gasteiger partial charge on any atom is -0.385 e.